The van der Waals surface area contributed by atoms with E-state index >= 15 is 0 Å². The molecule has 2 N–H and O–H groups in total. The van der Waals surface area contributed by atoms with E-state index in [1.807, 2.05) is 12.1 Å². The van der Waals surface area contributed by atoms with Crippen LogP contribution in [-0.4, -0.2) is 12.8 Å². The molecular weight excluding hydrogens is 168 g/mol. The molecular formula is C9H10N2O2. The van der Waals surface area contributed by atoms with Crippen molar-refractivity contribution in [1.29, 1.82) is 0 Å². The van der Waals surface area contributed by atoms with E-state index in [0.717, 1.165) is 11.3 Å². The van der Waals surface area contributed by atoms with E-state index in [4.69, 9.17) is 0 Å². The van der Waals surface area contributed by atoms with Gasteiger partial charge in [0.1, 0.15) is 0 Å². The Bertz CT molecular complexity index is 299. The van der Waals surface area contributed by atoms with E-state index in [9.17, 15) is 9.59 Å². The first-order chi connectivity index (χ1) is 6.36. The highest BCUT2D eigenvalue weighted by molar-refractivity contribution is 5.71. The maximum Gasteiger partial charge on any atom is 0.211 e. The fourth-order valence-corrected chi connectivity index (χ4v) is 0.999. The first-order valence-corrected chi connectivity index (χ1v) is 3.83. The minimum atomic E-state index is 0.470. The zero-order valence-electron chi connectivity index (χ0n) is 6.99. The van der Waals surface area contributed by atoms with E-state index < -0.39 is 0 Å². The highest BCUT2D eigenvalue weighted by Crippen LogP contribution is 2.08. The van der Waals surface area contributed by atoms with E-state index in [2.05, 4.69) is 10.6 Å². The predicted octanol–water partition coefficient (Wildman–Crippen LogP) is 0.501. The normalized spacial score (nSPS) is 8.92. The van der Waals surface area contributed by atoms with Crippen molar-refractivity contribution < 1.29 is 9.59 Å². The van der Waals surface area contributed by atoms with Crippen LogP contribution in [-0.2, 0) is 16.1 Å². The second-order valence-corrected chi connectivity index (χ2v) is 2.46. The Balaban J connectivity index is 2.66. The van der Waals surface area contributed by atoms with Crippen LogP contribution in [0.5, 0.6) is 0 Å². The van der Waals surface area contributed by atoms with Crippen molar-refractivity contribution in [3.8, 4) is 0 Å². The molecule has 0 unspecified atom stereocenters. The van der Waals surface area contributed by atoms with E-state index in [1.165, 1.54) is 0 Å². The Morgan fingerprint density at radius 3 is 2.77 bits per heavy atom. The molecule has 13 heavy (non-hydrogen) atoms. The quantitative estimate of drug-likeness (QED) is 0.645. The van der Waals surface area contributed by atoms with Crippen LogP contribution in [0.1, 0.15) is 5.56 Å². The molecule has 1 aromatic carbocycles. The monoisotopic (exact) mass is 178 g/mol. The van der Waals surface area contributed by atoms with Crippen LogP contribution in [0.4, 0.5) is 5.69 Å². The van der Waals surface area contributed by atoms with Crippen molar-refractivity contribution >= 4 is 18.5 Å². The van der Waals surface area contributed by atoms with E-state index in [-0.39, 0.29) is 0 Å². The summed E-state index contributed by atoms with van der Waals surface area (Å²) in [5.41, 5.74) is 1.67. The Labute approximate surface area is 75.9 Å². The van der Waals surface area contributed by atoms with Gasteiger partial charge in [0.25, 0.3) is 0 Å². The Kier molecular flexibility index (Phi) is 3.50. The van der Waals surface area contributed by atoms with Crippen LogP contribution in [0, 0.1) is 0 Å². The Morgan fingerprint density at radius 2 is 2.08 bits per heavy atom. The van der Waals surface area contributed by atoms with Crippen LogP contribution in [0.25, 0.3) is 0 Å². The summed E-state index contributed by atoms with van der Waals surface area (Å²) in [6, 6.07) is 7.25. The van der Waals surface area contributed by atoms with Crippen molar-refractivity contribution in [2.75, 3.05) is 5.32 Å². The number of hydrogen-bond acceptors (Lipinski definition) is 2. The molecule has 4 nitrogen and oxygen atoms in total. The first kappa shape index (κ1) is 9.25. The van der Waals surface area contributed by atoms with Gasteiger partial charge in [0.05, 0.1) is 0 Å². The van der Waals surface area contributed by atoms with Gasteiger partial charge in [-0.25, -0.2) is 0 Å². The van der Waals surface area contributed by atoms with Gasteiger partial charge in [-0.05, 0) is 17.7 Å². The molecule has 0 saturated heterocycles. The van der Waals surface area contributed by atoms with Gasteiger partial charge in [-0.2, -0.15) is 0 Å². The molecule has 0 bridgehead atoms. The van der Waals surface area contributed by atoms with Gasteiger partial charge in [-0.3, -0.25) is 9.59 Å². The lowest BCUT2D eigenvalue weighted by Gasteiger charge is -2.02. The summed E-state index contributed by atoms with van der Waals surface area (Å²) in [5.74, 6) is 0. The average Bonchev–Trinajstić information content (AvgIpc) is 2.16. The summed E-state index contributed by atoms with van der Waals surface area (Å²) in [4.78, 5) is 20.1. The van der Waals surface area contributed by atoms with Crippen molar-refractivity contribution in [3.05, 3.63) is 29.8 Å². The lowest BCUT2D eigenvalue weighted by atomic mass is 10.2. The fourth-order valence-electron chi connectivity index (χ4n) is 0.999. The molecule has 1 aromatic rings. The molecule has 68 valence electrons. The van der Waals surface area contributed by atoms with E-state index in [1.54, 1.807) is 12.1 Å². The van der Waals surface area contributed by atoms with Gasteiger partial charge >= 0.3 is 0 Å². The number of nitrogens with one attached hydrogen (secondary N) is 2. The molecule has 2 amide bonds. The second-order valence-electron chi connectivity index (χ2n) is 2.46. The summed E-state index contributed by atoms with van der Waals surface area (Å²) < 4.78 is 0. The van der Waals surface area contributed by atoms with Gasteiger partial charge in [-0.15, -0.1) is 0 Å². The lowest BCUT2D eigenvalue weighted by Crippen LogP contribution is -2.09. The minimum absolute atomic E-state index is 0.470. The van der Waals surface area contributed by atoms with Gasteiger partial charge in [0.15, 0.2) is 0 Å². The molecule has 0 atom stereocenters. The number of anilines is 1. The molecule has 1 rings (SSSR count). The number of carbonyl (C=O) groups is 2. The van der Waals surface area contributed by atoms with Crippen LogP contribution >= 0.6 is 0 Å². The minimum Gasteiger partial charge on any atom is -0.355 e. The Hall–Kier alpha value is -1.84. The number of benzene rings is 1. The summed E-state index contributed by atoms with van der Waals surface area (Å²) in [5, 5.41) is 5.06. The first-order valence-electron chi connectivity index (χ1n) is 3.83. The molecule has 4 heteroatoms. The number of hydrogen-bond donors (Lipinski definition) is 2. The third-order valence-electron chi connectivity index (χ3n) is 1.54. The van der Waals surface area contributed by atoms with Gasteiger partial charge in [-0.1, -0.05) is 12.1 Å². The smallest absolute Gasteiger partial charge is 0.211 e. The van der Waals surface area contributed by atoms with Gasteiger partial charge in [0, 0.05) is 12.2 Å². The van der Waals surface area contributed by atoms with Crippen LogP contribution < -0.4 is 10.6 Å². The largest absolute Gasteiger partial charge is 0.355 e. The average molecular weight is 178 g/mol. The topological polar surface area (TPSA) is 58.2 Å². The maximum atomic E-state index is 10.1. The summed E-state index contributed by atoms with van der Waals surface area (Å²) >= 11 is 0. The number of carbonyl (C=O) groups excluding carboxylic acids is 2. The SMILES string of the molecule is O=CNCc1cccc(NC=O)c1. The third kappa shape index (κ3) is 2.94. The number of rotatable bonds is 5. The van der Waals surface area contributed by atoms with Crippen LogP contribution in [0.3, 0.4) is 0 Å². The van der Waals surface area contributed by atoms with Crippen LogP contribution in [0.2, 0.25) is 0 Å². The second kappa shape index (κ2) is 4.92. The molecule has 0 aromatic heterocycles. The molecule has 0 aliphatic heterocycles. The molecule has 0 radical (unpaired) electrons. The summed E-state index contributed by atoms with van der Waals surface area (Å²) in [7, 11) is 0. The number of amides is 2. The van der Waals surface area contributed by atoms with Gasteiger partial charge < -0.3 is 10.6 Å². The van der Waals surface area contributed by atoms with Crippen molar-refractivity contribution in [1.82, 2.24) is 5.32 Å². The van der Waals surface area contributed by atoms with Crippen molar-refractivity contribution in [3.63, 3.8) is 0 Å². The molecule has 0 heterocycles. The molecule has 0 spiro atoms. The molecule has 0 aliphatic carbocycles. The predicted molar refractivity (Wildman–Crippen MR) is 49.0 cm³/mol. The lowest BCUT2D eigenvalue weighted by molar-refractivity contribution is -0.109. The maximum absolute atomic E-state index is 10.1. The zero-order valence-corrected chi connectivity index (χ0v) is 6.99. The summed E-state index contributed by atoms with van der Waals surface area (Å²) in [6.07, 6.45) is 1.26. The highest BCUT2D eigenvalue weighted by atomic mass is 16.1. The molecule has 0 fully saturated rings. The van der Waals surface area contributed by atoms with E-state index in [0.29, 0.717) is 19.4 Å². The summed E-state index contributed by atoms with van der Waals surface area (Å²) in [6.45, 7) is 0.470. The van der Waals surface area contributed by atoms with Crippen molar-refractivity contribution in [2.45, 2.75) is 6.54 Å². The van der Waals surface area contributed by atoms with Crippen molar-refractivity contribution in [2.24, 2.45) is 0 Å². The standard InChI is InChI=1S/C9H10N2O2/c12-6-10-5-8-2-1-3-9(4-8)11-7-13/h1-4,6-7H,5H2,(H,10,12)(H,11,13). The van der Waals surface area contributed by atoms with Crippen LogP contribution in [0.15, 0.2) is 24.3 Å². The third-order valence-corrected chi connectivity index (χ3v) is 1.54. The molecule has 0 saturated carbocycles. The molecule has 0 aliphatic rings. The zero-order chi connectivity index (χ0) is 9.52. The Morgan fingerprint density at radius 1 is 1.23 bits per heavy atom. The van der Waals surface area contributed by atoms with Gasteiger partial charge in [0.2, 0.25) is 12.8 Å². The highest BCUT2D eigenvalue weighted by Gasteiger charge is 1.93. The fraction of sp³-hybridized carbons (Fsp3) is 0.111.